The van der Waals surface area contributed by atoms with E-state index in [2.05, 4.69) is 10.0 Å². The Bertz CT molecular complexity index is 1100. The van der Waals surface area contributed by atoms with Crippen LogP contribution in [0.3, 0.4) is 0 Å². The molecule has 0 saturated heterocycles. The second-order valence-electron chi connectivity index (χ2n) is 8.00. The summed E-state index contributed by atoms with van der Waals surface area (Å²) in [4.78, 5) is 26.7. The minimum atomic E-state index is -3.95. The molecule has 172 valence electrons. The molecule has 0 radical (unpaired) electrons. The first kappa shape index (κ1) is 23.7. The highest BCUT2D eigenvalue weighted by atomic mass is 32.2. The summed E-state index contributed by atoms with van der Waals surface area (Å²) in [5.41, 5.74) is 2.09. The summed E-state index contributed by atoms with van der Waals surface area (Å²) in [6, 6.07) is 10.5. The van der Waals surface area contributed by atoms with Gasteiger partial charge in [-0.1, -0.05) is 20.8 Å². The molecule has 0 saturated carbocycles. The minimum absolute atomic E-state index is 0.00700. The SMILES string of the molecule is CCC(=O)N1CCc2cc(S(=O)(=O)N[C@@H](C(=O)Nc3ccc(OC)cc3)C(C)C)ccc21. The zero-order valence-corrected chi connectivity index (χ0v) is 19.5. The third-order valence-electron chi connectivity index (χ3n) is 5.45. The summed E-state index contributed by atoms with van der Waals surface area (Å²) in [7, 11) is -2.40. The smallest absolute Gasteiger partial charge is 0.242 e. The predicted octanol–water partition coefficient (Wildman–Crippen LogP) is 2.94. The zero-order chi connectivity index (χ0) is 23.5. The average molecular weight is 460 g/mol. The van der Waals surface area contributed by atoms with Gasteiger partial charge in [-0.2, -0.15) is 4.72 Å². The first-order valence-electron chi connectivity index (χ1n) is 10.6. The molecule has 0 unspecified atom stereocenters. The van der Waals surface area contributed by atoms with Crippen LogP contribution >= 0.6 is 0 Å². The van der Waals surface area contributed by atoms with Gasteiger partial charge in [-0.15, -0.1) is 0 Å². The van der Waals surface area contributed by atoms with E-state index in [9.17, 15) is 18.0 Å². The molecular formula is C23H29N3O5S. The predicted molar refractivity (Wildman–Crippen MR) is 123 cm³/mol. The van der Waals surface area contributed by atoms with E-state index in [0.717, 1.165) is 11.3 Å². The van der Waals surface area contributed by atoms with Crippen molar-refractivity contribution in [3.8, 4) is 5.75 Å². The third kappa shape index (κ3) is 5.11. The number of benzene rings is 2. The lowest BCUT2D eigenvalue weighted by atomic mass is 10.0. The highest BCUT2D eigenvalue weighted by Crippen LogP contribution is 2.31. The molecule has 1 heterocycles. The Labute approximate surface area is 189 Å². The van der Waals surface area contributed by atoms with Gasteiger partial charge in [0.1, 0.15) is 11.8 Å². The van der Waals surface area contributed by atoms with Gasteiger partial charge >= 0.3 is 0 Å². The van der Waals surface area contributed by atoms with E-state index in [0.29, 0.717) is 30.8 Å². The quantitative estimate of drug-likeness (QED) is 0.632. The van der Waals surface area contributed by atoms with Crippen LogP contribution in [0.2, 0.25) is 0 Å². The van der Waals surface area contributed by atoms with Crippen LogP contribution in [0.4, 0.5) is 11.4 Å². The Morgan fingerprint density at radius 3 is 2.41 bits per heavy atom. The number of ether oxygens (including phenoxy) is 1. The van der Waals surface area contributed by atoms with Gasteiger partial charge < -0.3 is 15.0 Å². The minimum Gasteiger partial charge on any atom is -0.497 e. The number of sulfonamides is 1. The Balaban J connectivity index is 1.78. The third-order valence-corrected chi connectivity index (χ3v) is 6.89. The number of anilines is 2. The molecule has 3 rings (SSSR count). The van der Waals surface area contributed by atoms with Crippen LogP contribution in [0.15, 0.2) is 47.4 Å². The Morgan fingerprint density at radius 2 is 1.81 bits per heavy atom. The summed E-state index contributed by atoms with van der Waals surface area (Å²) >= 11 is 0. The number of nitrogens with zero attached hydrogens (tertiary/aromatic N) is 1. The molecule has 0 spiro atoms. The van der Waals surface area contributed by atoms with Gasteiger partial charge in [-0.3, -0.25) is 9.59 Å². The van der Waals surface area contributed by atoms with E-state index in [4.69, 9.17) is 4.74 Å². The molecule has 0 aromatic heterocycles. The fourth-order valence-corrected chi connectivity index (χ4v) is 5.01. The van der Waals surface area contributed by atoms with Gasteiger partial charge in [0.2, 0.25) is 21.8 Å². The zero-order valence-electron chi connectivity index (χ0n) is 18.7. The lowest BCUT2D eigenvalue weighted by Crippen LogP contribution is -2.47. The van der Waals surface area contributed by atoms with Crippen molar-refractivity contribution in [3.63, 3.8) is 0 Å². The maximum absolute atomic E-state index is 13.1. The van der Waals surface area contributed by atoms with E-state index in [1.165, 1.54) is 6.07 Å². The van der Waals surface area contributed by atoms with E-state index in [1.807, 2.05) is 0 Å². The van der Waals surface area contributed by atoms with Crippen LogP contribution in [0, 0.1) is 5.92 Å². The topological polar surface area (TPSA) is 105 Å². The van der Waals surface area contributed by atoms with Gasteiger partial charge in [-0.25, -0.2) is 8.42 Å². The molecule has 1 aliphatic heterocycles. The first-order chi connectivity index (χ1) is 15.2. The maximum Gasteiger partial charge on any atom is 0.242 e. The second kappa shape index (κ2) is 9.70. The van der Waals surface area contributed by atoms with Crippen LogP contribution in [0.5, 0.6) is 5.75 Å². The number of rotatable bonds is 8. The van der Waals surface area contributed by atoms with E-state index >= 15 is 0 Å². The molecule has 2 N–H and O–H groups in total. The molecule has 0 aliphatic carbocycles. The van der Waals surface area contributed by atoms with Crippen molar-refractivity contribution in [2.24, 2.45) is 5.92 Å². The van der Waals surface area contributed by atoms with Crippen LogP contribution in [0.25, 0.3) is 0 Å². The van der Waals surface area contributed by atoms with Crippen molar-refractivity contribution in [1.82, 2.24) is 4.72 Å². The monoisotopic (exact) mass is 459 g/mol. The van der Waals surface area contributed by atoms with Crippen molar-refractivity contribution >= 4 is 33.2 Å². The number of methoxy groups -OCH3 is 1. The number of nitrogens with one attached hydrogen (secondary N) is 2. The summed E-state index contributed by atoms with van der Waals surface area (Å²) in [6.07, 6.45) is 0.983. The van der Waals surface area contributed by atoms with E-state index in [-0.39, 0.29) is 16.7 Å². The number of carbonyl (C=O) groups is 2. The number of fused-ring (bicyclic) bond motifs is 1. The number of amides is 2. The molecule has 1 atom stereocenters. The van der Waals surface area contributed by atoms with Crippen molar-refractivity contribution in [2.45, 2.75) is 44.6 Å². The van der Waals surface area contributed by atoms with E-state index in [1.54, 1.807) is 69.2 Å². The Hall–Kier alpha value is -2.91. The highest BCUT2D eigenvalue weighted by molar-refractivity contribution is 7.89. The molecular weight excluding hydrogens is 430 g/mol. The van der Waals surface area contributed by atoms with Crippen molar-refractivity contribution in [1.29, 1.82) is 0 Å². The van der Waals surface area contributed by atoms with Gasteiger partial charge in [0, 0.05) is 24.3 Å². The second-order valence-corrected chi connectivity index (χ2v) is 9.71. The van der Waals surface area contributed by atoms with Crippen LogP contribution in [-0.2, 0) is 26.0 Å². The van der Waals surface area contributed by atoms with Crippen molar-refractivity contribution in [3.05, 3.63) is 48.0 Å². The molecule has 0 fully saturated rings. The standard InChI is InChI=1S/C23H29N3O5S/c1-5-21(27)26-13-12-16-14-19(10-11-20(16)26)32(29,30)25-22(15(2)3)23(28)24-17-6-8-18(31-4)9-7-17/h6-11,14-15,22,25H,5,12-13H2,1-4H3,(H,24,28)/t22-/m1/s1. The lowest BCUT2D eigenvalue weighted by Gasteiger charge is -2.22. The highest BCUT2D eigenvalue weighted by Gasteiger charge is 2.30. The molecule has 1 aliphatic rings. The molecule has 2 aromatic carbocycles. The van der Waals surface area contributed by atoms with Gasteiger partial charge in [0.05, 0.1) is 12.0 Å². The largest absolute Gasteiger partial charge is 0.497 e. The molecule has 2 aromatic rings. The molecule has 2 amide bonds. The number of hydrogen-bond donors (Lipinski definition) is 2. The number of carbonyl (C=O) groups excluding carboxylic acids is 2. The number of hydrogen-bond acceptors (Lipinski definition) is 5. The fourth-order valence-electron chi connectivity index (χ4n) is 3.62. The summed E-state index contributed by atoms with van der Waals surface area (Å²) in [5.74, 6) is -0.0720. The van der Waals surface area contributed by atoms with Gasteiger partial charge in [0.15, 0.2) is 0 Å². The molecule has 9 heteroatoms. The van der Waals surface area contributed by atoms with Crippen LogP contribution in [-0.4, -0.2) is 39.9 Å². The molecule has 8 nitrogen and oxygen atoms in total. The Kier molecular flexibility index (Phi) is 7.20. The normalized spacial score (nSPS) is 14.2. The van der Waals surface area contributed by atoms with Crippen molar-refractivity contribution in [2.75, 3.05) is 23.9 Å². The fraction of sp³-hybridized carbons (Fsp3) is 0.391. The summed E-state index contributed by atoms with van der Waals surface area (Å²) in [6.45, 7) is 5.89. The van der Waals surface area contributed by atoms with Crippen LogP contribution < -0.4 is 19.7 Å². The summed E-state index contributed by atoms with van der Waals surface area (Å²) < 4.78 is 33.8. The van der Waals surface area contributed by atoms with Gasteiger partial charge in [0.25, 0.3) is 0 Å². The summed E-state index contributed by atoms with van der Waals surface area (Å²) in [5, 5.41) is 2.75. The van der Waals surface area contributed by atoms with Crippen LogP contribution in [0.1, 0.15) is 32.8 Å². The maximum atomic E-state index is 13.1. The lowest BCUT2D eigenvalue weighted by molar-refractivity contribution is -0.119. The average Bonchev–Trinajstić information content (AvgIpc) is 3.20. The van der Waals surface area contributed by atoms with E-state index < -0.39 is 22.0 Å². The first-order valence-corrected chi connectivity index (χ1v) is 12.0. The Morgan fingerprint density at radius 1 is 1.12 bits per heavy atom. The van der Waals surface area contributed by atoms with Crippen molar-refractivity contribution < 1.29 is 22.7 Å². The van der Waals surface area contributed by atoms with Gasteiger partial charge in [-0.05, 0) is 60.4 Å². The molecule has 32 heavy (non-hydrogen) atoms. The molecule has 0 bridgehead atoms.